The third-order valence-corrected chi connectivity index (χ3v) is 5.81. The summed E-state index contributed by atoms with van der Waals surface area (Å²) in [6, 6.07) is 13.5. The molecule has 5 nitrogen and oxygen atoms in total. The zero-order valence-corrected chi connectivity index (χ0v) is 17.4. The Bertz CT molecular complexity index is 937. The first-order valence-electron chi connectivity index (χ1n) is 8.74. The summed E-state index contributed by atoms with van der Waals surface area (Å²) < 4.78 is 12.5. The van der Waals surface area contributed by atoms with Crippen LogP contribution in [0.3, 0.4) is 0 Å². The van der Waals surface area contributed by atoms with E-state index in [0.29, 0.717) is 23.1 Å². The van der Waals surface area contributed by atoms with Gasteiger partial charge in [-0.2, -0.15) is 0 Å². The molecule has 28 heavy (non-hydrogen) atoms. The van der Waals surface area contributed by atoms with E-state index in [0.717, 1.165) is 17.1 Å². The van der Waals surface area contributed by atoms with Gasteiger partial charge in [0.05, 0.1) is 18.1 Å². The van der Waals surface area contributed by atoms with Crippen LogP contribution in [0.4, 0.5) is 5.69 Å². The van der Waals surface area contributed by atoms with Gasteiger partial charge in [0.15, 0.2) is 6.23 Å². The Labute approximate surface area is 177 Å². The van der Waals surface area contributed by atoms with Gasteiger partial charge in [-0.1, -0.05) is 29.3 Å². The number of H-pyrrole nitrogens is 1. The van der Waals surface area contributed by atoms with Crippen LogP contribution in [0.15, 0.2) is 59.8 Å². The van der Waals surface area contributed by atoms with Crippen molar-refractivity contribution < 1.29 is 9.47 Å². The second-order valence-electron chi connectivity index (χ2n) is 6.38. The predicted molar refractivity (Wildman–Crippen MR) is 113 cm³/mol. The van der Waals surface area contributed by atoms with E-state index >= 15 is 0 Å². The number of benzene rings is 2. The van der Waals surface area contributed by atoms with Crippen LogP contribution in [0, 0.1) is 0 Å². The van der Waals surface area contributed by atoms with Gasteiger partial charge in [0, 0.05) is 33.6 Å². The summed E-state index contributed by atoms with van der Waals surface area (Å²) in [5.74, 6) is -0.313. The molecule has 0 bridgehead atoms. The lowest BCUT2D eigenvalue weighted by Crippen LogP contribution is -2.33. The van der Waals surface area contributed by atoms with Crippen LogP contribution in [0.2, 0.25) is 10.0 Å². The number of ether oxygens (including phenoxy) is 2. The van der Waals surface area contributed by atoms with E-state index in [1.54, 1.807) is 36.3 Å². The van der Waals surface area contributed by atoms with Gasteiger partial charge >= 0.3 is 0 Å². The fraction of sp³-hybridized carbons (Fsp3) is 0.250. The van der Waals surface area contributed by atoms with Crippen molar-refractivity contribution in [2.45, 2.75) is 23.3 Å². The Kier molecular flexibility index (Phi) is 5.85. The molecule has 1 saturated heterocycles. The number of nitrogens with one attached hydrogen (secondary N) is 2. The van der Waals surface area contributed by atoms with E-state index in [1.807, 2.05) is 18.2 Å². The molecule has 2 atom stereocenters. The molecule has 1 fully saturated rings. The smallest absolute Gasteiger partial charge is 0.205 e. The van der Waals surface area contributed by atoms with E-state index in [-0.39, 0.29) is 6.23 Å². The molecule has 2 N–H and O–H groups in total. The molecule has 146 valence electrons. The summed E-state index contributed by atoms with van der Waals surface area (Å²) >= 11 is 14.3. The molecule has 2 unspecified atom stereocenters. The highest BCUT2D eigenvalue weighted by Gasteiger charge is 2.45. The maximum absolute atomic E-state index is 6.48. The van der Waals surface area contributed by atoms with Crippen molar-refractivity contribution in [3.8, 4) is 0 Å². The fourth-order valence-corrected chi connectivity index (χ4v) is 4.16. The summed E-state index contributed by atoms with van der Waals surface area (Å²) in [6.45, 7) is 0.365. The fourth-order valence-electron chi connectivity index (χ4n) is 3.20. The Morgan fingerprint density at radius 2 is 2.07 bits per heavy atom. The Balaban J connectivity index is 1.59. The first-order valence-corrected chi connectivity index (χ1v) is 10.7. The van der Waals surface area contributed by atoms with Gasteiger partial charge in [-0.3, -0.25) is 0 Å². The minimum absolute atomic E-state index is 0.332. The van der Waals surface area contributed by atoms with Crippen molar-refractivity contribution in [3.63, 3.8) is 0 Å². The molecule has 8 heteroatoms. The van der Waals surface area contributed by atoms with Crippen molar-refractivity contribution in [3.05, 3.63) is 76.3 Å². The molecule has 0 spiro atoms. The van der Waals surface area contributed by atoms with Crippen LogP contribution in [0.25, 0.3) is 0 Å². The van der Waals surface area contributed by atoms with Gasteiger partial charge < -0.3 is 19.8 Å². The highest BCUT2D eigenvalue weighted by atomic mass is 35.5. The molecule has 0 radical (unpaired) electrons. The van der Waals surface area contributed by atoms with Crippen LogP contribution < -0.4 is 5.32 Å². The third-order valence-electron chi connectivity index (χ3n) is 4.51. The first kappa shape index (κ1) is 19.6. The van der Waals surface area contributed by atoms with Crippen molar-refractivity contribution in [1.82, 2.24) is 9.97 Å². The summed E-state index contributed by atoms with van der Waals surface area (Å²) in [5.41, 5.74) is 1.68. The molecular weight excluding hydrogens is 417 g/mol. The number of aromatic nitrogens is 2. The maximum Gasteiger partial charge on any atom is 0.205 e. The SMILES string of the molecule is CSc1ccc(NC2COC(Cc3ncc[nH]3)(c3ccc(Cl)cc3Cl)O2)cc1. The highest BCUT2D eigenvalue weighted by Crippen LogP contribution is 2.41. The number of hydrogen-bond acceptors (Lipinski definition) is 5. The lowest BCUT2D eigenvalue weighted by molar-refractivity contribution is -0.174. The van der Waals surface area contributed by atoms with Crippen LogP contribution in [-0.4, -0.2) is 29.1 Å². The predicted octanol–water partition coefficient (Wildman–Crippen LogP) is 5.32. The molecule has 2 aromatic carbocycles. The van der Waals surface area contributed by atoms with Crippen LogP contribution in [-0.2, 0) is 21.7 Å². The van der Waals surface area contributed by atoms with Gasteiger partial charge in [-0.25, -0.2) is 4.98 Å². The minimum atomic E-state index is -1.06. The maximum atomic E-state index is 6.48. The van der Waals surface area contributed by atoms with E-state index < -0.39 is 5.79 Å². The Morgan fingerprint density at radius 3 is 2.75 bits per heavy atom. The average Bonchev–Trinajstić information content (AvgIpc) is 3.33. The van der Waals surface area contributed by atoms with E-state index in [4.69, 9.17) is 32.7 Å². The number of aromatic amines is 1. The van der Waals surface area contributed by atoms with Gasteiger partial charge in [-0.05, 0) is 42.7 Å². The highest BCUT2D eigenvalue weighted by molar-refractivity contribution is 7.98. The molecule has 1 aromatic heterocycles. The van der Waals surface area contributed by atoms with Gasteiger partial charge in [0.2, 0.25) is 5.79 Å². The lowest BCUT2D eigenvalue weighted by Gasteiger charge is -2.29. The topological polar surface area (TPSA) is 59.2 Å². The average molecular weight is 436 g/mol. The van der Waals surface area contributed by atoms with Gasteiger partial charge in [-0.15, -0.1) is 11.8 Å². The largest absolute Gasteiger partial charge is 0.358 e. The molecule has 2 heterocycles. The summed E-state index contributed by atoms with van der Waals surface area (Å²) in [7, 11) is 0. The molecule has 0 saturated carbocycles. The molecule has 0 amide bonds. The monoisotopic (exact) mass is 435 g/mol. The second-order valence-corrected chi connectivity index (χ2v) is 8.10. The summed E-state index contributed by atoms with van der Waals surface area (Å²) in [4.78, 5) is 8.62. The van der Waals surface area contributed by atoms with Gasteiger partial charge in [0.25, 0.3) is 0 Å². The number of hydrogen-bond donors (Lipinski definition) is 2. The van der Waals surface area contributed by atoms with Crippen molar-refractivity contribution in [2.24, 2.45) is 0 Å². The summed E-state index contributed by atoms with van der Waals surface area (Å²) in [6.07, 6.45) is 5.58. The minimum Gasteiger partial charge on any atom is -0.358 e. The zero-order valence-electron chi connectivity index (χ0n) is 15.1. The van der Waals surface area contributed by atoms with Crippen LogP contribution >= 0.6 is 35.0 Å². The van der Waals surface area contributed by atoms with Crippen LogP contribution in [0.1, 0.15) is 11.4 Å². The molecule has 3 aromatic rings. The molecule has 0 aliphatic carbocycles. The number of anilines is 1. The normalized spacial score (nSPS) is 21.8. The lowest BCUT2D eigenvalue weighted by atomic mass is 10.0. The van der Waals surface area contributed by atoms with E-state index in [9.17, 15) is 0 Å². The standard InChI is InChI=1S/C20H19Cl2N3O2S/c1-28-15-5-3-14(4-6-15)25-19-12-26-20(27-19,11-18-23-8-9-24-18)16-7-2-13(21)10-17(16)22/h2-10,19,25H,11-12H2,1H3,(H,23,24). The Morgan fingerprint density at radius 1 is 1.25 bits per heavy atom. The number of nitrogens with zero attached hydrogens (tertiary/aromatic N) is 1. The molecule has 4 rings (SSSR count). The number of thioether (sulfide) groups is 1. The first-order chi connectivity index (χ1) is 13.6. The van der Waals surface area contributed by atoms with E-state index in [1.165, 1.54) is 4.90 Å². The third kappa shape index (κ3) is 4.16. The molecule has 1 aliphatic heterocycles. The second kappa shape index (κ2) is 8.35. The quantitative estimate of drug-likeness (QED) is 0.513. The summed E-state index contributed by atoms with van der Waals surface area (Å²) in [5, 5.41) is 4.42. The Hall–Kier alpha value is -1.70. The van der Waals surface area contributed by atoms with E-state index in [2.05, 4.69) is 33.7 Å². The molecule has 1 aliphatic rings. The number of imidazole rings is 1. The van der Waals surface area contributed by atoms with Gasteiger partial charge in [0.1, 0.15) is 5.82 Å². The van der Waals surface area contributed by atoms with Crippen LogP contribution in [0.5, 0.6) is 0 Å². The molecular formula is C20H19Cl2N3O2S. The zero-order chi connectivity index (χ0) is 19.6. The van der Waals surface area contributed by atoms with Crippen molar-refractivity contribution in [1.29, 1.82) is 0 Å². The van der Waals surface area contributed by atoms with Crippen molar-refractivity contribution in [2.75, 3.05) is 18.2 Å². The van der Waals surface area contributed by atoms with Crippen molar-refractivity contribution >= 4 is 40.7 Å². The number of halogens is 2. The number of rotatable bonds is 6.